The van der Waals surface area contributed by atoms with Crippen molar-refractivity contribution in [3.05, 3.63) is 77.1 Å². The van der Waals surface area contributed by atoms with Crippen LogP contribution in [0.25, 0.3) is 5.53 Å². The van der Waals surface area contributed by atoms with Gasteiger partial charge in [-0.2, -0.15) is 4.79 Å². The van der Waals surface area contributed by atoms with E-state index < -0.39 is 22.9 Å². The summed E-state index contributed by atoms with van der Waals surface area (Å²) < 4.78 is 13.1. The molecule has 0 aromatic heterocycles. The molecule has 0 unspecified atom stereocenters. The molecule has 2 rings (SSSR count). The van der Waals surface area contributed by atoms with Crippen LogP contribution in [0, 0.1) is 5.82 Å². The number of ketones is 1. The molecule has 0 radical (unpaired) electrons. The molecule has 0 spiro atoms. The van der Waals surface area contributed by atoms with E-state index in [1.54, 1.807) is 63.2 Å². The number of amides is 1. The van der Waals surface area contributed by atoms with Crippen LogP contribution in [0.4, 0.5) is 4.39 Å². The summed E-state index contributed by atoms with van der Waals surface area (Å²) in [5.74, 6) is -1.73. The highest BCUT2D eigenvalue weighted by atomic mass is 19.1. The molecule has 0 N–H and O–H groups in total. The number of hydrogen-bond acceptors (Lipinski definition) is 2. The van der Waals surface area contributed by atoms with E-state index in [4.69, 9.17) is 0 Å². The number of rotatable bonds is 5. The van der Waals surface area contributed by atoms with Crippen molar-refractivity contribution in [1.82, 2.24) is 4.90 Å². The Morgan fingerprint density at radius 2 is 1.62 bits per heavy atom. The van der Waals surface area contributed by atoms with E-state index in [0.717, 1.165) is 0 Å². The van der Waals surface area contributed by atoms with Crippen molar-refractivity contribution in [3.63, 3.8) is 0 Å². The van der Waals surface area contributed by atoms with Crippen molar-refractivity contribution in [3.8, 4) is 0 Å². The Morgan fingerprint density at radius 3 is 2.12 bits per heavy atom. The summed E-state index contributed by atoms with van der Waals surface area (Å²) >= 11 is 0. The summed E-state index contributed by atoms with van der Waals surface area (Å²) in [7, 11) is 0. The van der Waals surface area contributed by atoms with Gasteiger partial charge in [-0.15, -0.1) is 0 Å². The van der Waals surface area contributed by atoms with Crippen LogP contribution in [0.15, 0.2) is 54.6 Å². The Labute approximate surface area is 151 Å². The van der Waals surface area contributed by atoms with E-state index in [9.17, 15) is 19.5 Å². The van der Waals surface area contributed by atoms with Crippen LogP contribution in [-0.2, 0) is 11.3 Å². The molecule has 26 heavy (non-hydrogen) atoms. The molecule has 0 atom stereocenters. The van der Waals surface area contributed by atoms with Crippen LogP contribution in [0.5, 0.6) is 0 Å². The van der Waals surface area contributed by atoms with Crippen LogP contribution < -0.4 is 0 Å². The highest BCUT2D eigenvalue weighted by molar-refractivity contribution is 6.66. The van der Waals surface area contributed by atoms with Gasteiger partial charge < -0.3 is 10.4 Å². The normalized spacial score (nSPS) is 10.8. The summed E-state index contributed by atoms with van der Waals surface area (Å²) in [6.45, 7) is 5.55. The number of carbonyl (C=O) groups is 2. The first-order chi connectivity index (χ1) is 12.2. The molecule has 0 aliphatic heterocycles. The second-order valence-corrected chi connectivity index (χ2v) is 6.83. The fourth-order valence-electron chi connectivity index (χ4n) is 2.43. The van der Waals surface area contributed by atoms with Crippen LogP contribution >= 0.6 is 0 Å². The second kappa shape index (κ2) is 7.85. The maximum Gasteiger partial charge on any atom is 0.426 e. The zero-order chi connectivity index (χ0) is 19.3. The zero-order valence-electron chi connectivity index (χ0n) is 14.9. The molecule has 0 fully saturated rings. The van der Waals surface area contributed by atoms with Crippen molar-refractivity contribution >= 4 is 17.4 Å². The van der Waals surface area contributed by atoms with Crippen molar-refractivity contribution in [2.75, 3.05) is 0 Å². The van der Waals surface area contributed by atoms with Gasteiger partial charge in [0.15, 0.2) is 0 Å². The average Bonchev–Trinajstić information content (AvgIpc) is 2.61. The molecule has 1 amide bonds. The van der Waals surface area contributed by atoms with Gasteiger partial charge in [0.1, 0.15) is 5.82 Å². The Bertz CT molecular complexity index is 849. The maximum atomic E-state index is 13.1. The Balaban J connectivity index is 2.34. The molecule has 6 heteroatoms. The van der Waals surface area contributed by atoms with Crippen molar-refractivity contribution in [2.24, 2.45) is 0 Å². The number of nitrogens with zero attached hydrogens (tertiary/aromatic N) is 3. The molecule has 0 saturated carbocycles. The molecule has 0 heterocycles. The molecule has 0 aliphatic rings. The minimum absolute atomic E-state index is 0.143. The predicted molar refractivity (Wildman–Crippen MR) is 96.1 cm³/mol. The van der Waals surface area contributed by atoms with Gasteiger partial charge in [-0.05, 0) is 38.5 Å². The van der Waals surface area contributed by atoms with Gasteiger partial charge >= 0.3 is 11.6 Å². The van der Waals surface area contributed by atoms with Gasteiger partial charge in [-0.3, -0.25) is 9.59 Å². The fraction of sp³-hybridized carbons (Fsp3) is 0.250. The standard InChI is InChI=1S/C20H20FN3O2/c1-20(2,3)24(13-14-9-11-16(21)12-10-14)19(26)17(23-22)18(25)15-7-5-4-6-8-15/h4-12H,13H2,1-3H3. The molecule has 0 saturated heterocycles. The van der Waals surface area contributed by atoms with Crippen molar-refractivity contribution in [1.29, 1.82) is 0 Å². The molecule has 0 bridgehead atoms. The number of hydrogen-bond donors (Lipinski definition) is 0. The lowest BCUT2D eigenvalue weighted by Gasteiger charge is -2.34. The fourth-order valence-corrected chi connectivity index (χ4v) is 2.43. The van der Waals surface area contributed by atoms with Gasteiger partial charge in [-0.25, -0.2) is 4.39 Å². The highest BCUT2D eigenvalue weighted by Gasteiger charge is 2.39. The van der Waals surface area contributed by atoms with Gasteiger partial charge in [0.05, 0.1) is 0 Å². The maximum absolute atomic E-state index is 13.1. The molecule has 0 aliphatic carbocycles. The molecule has 2 aromatic carbocycles. The summed E-state index contributed by atoms with van der Waals surface area (Å²) in [4.78, 5) is 29.9. The Morgan fingerprint density at radius 1 is 1.04 bits per heavy atom. The predicted octanol–water partition coefficient (Wildman–Crippen LogP) is 3.51. The zero-order valence-corrected chi connectivity index (χ0v) is 14.9. The molecule has 2 aromatic rings. The lowest BCUT2D eigenvalue weighted by Crippen LogP contribution is -2.50. The third-order valence-electron chi connectivity index (χ3n) is 3.86. The van der Waals surface area contributed by atoms with E-state index in [0.29, 0.717) is 5.56 Å². The van der Waals surface area contributed by atoms with Gasteiger partial charge in [0, 0.05) is 17.6 Å². The topological polar surface area (TPSA) is 73.8 Å². The smallest absolute Gasteiger partial charge is 0.360 e. The van der Waals surface area contributed by atoms with E-state index in [1.165, 1.54) is 17.0 Å². The van der Waals surface area contributed by atoms with E-state index in [1.807, 2.05) is 0 Å². The van der Waals surface area contributed by atoms with Crippen LogP contribution in [0.2, 0.25) is 0 Å². The van der Waals surface area contributed by atoms with E-state index in [2.05, 4.69) is 4.79 Å². The first kappa shape index (κ1) is 19.2. The lowest BCUT2D eigenvalue weighted by atomic mass is 10.0. The minimum Gasteiger partial charge on any atom is -0.360 e. The van der Waals surface area contributed by atoms with E-state index in [-0.39, 0.29) is 17.9 Å². The lowest BCUT2D eigenvalue weighted by molar-refractivity contribution is -0.133. The van der Waals surface area contributed by atoms with E-state index >= 15 is 0 Å². The number of Topliss-reactive ketones (excluding diaryl/α,β-unsaturated/α-hetero) is 1. The Kier molecular flexibility index (Phi) is 5.80. The third-order valence-corrected chi connectivity index (χ3v) is 3.86. The summed E-state index contributed by atoms with van der Waals surface area (Å²) in [6.07, 6.45) is 0. The molecular formula is C20H20FN3O2. The number of benzene rings is 2. The van der Waals surface area contributed by atoms with Crippen LogP contribution in [0.1, 0.15) is 36.7 Å². The summed E-state index contributed by atoms with van der Waals surface area (Å²) in [6, 6.07) is 13.9. The largest absolute Gasteiger partial charge is 0.426 e. The second-order valence-electron chi connectivity index (χ2n) is 6.83. The van der Waals surface area contributed by atoms with Gasteiger partial charge in [0.25, 0.3) is 5.78 Å². The van der Waals surface area contributed by atoms with Crippen molar-refractivity contribution < 1.29 is 18.8 Å². The van der Waals surface area contributed by atoms with Crippen LogP contribution in [-0.4, -0.2) is 32.6 Å². The minimum atomic E-state index is -0.696. The SMILES string of the molecule is CC(C)(C)N(Cc1ccc(F)cc1)C(=O)C(=[N+]=[N-])C(=O)c1ccccc1. The first-order valence-corrected chi connectivity index (χ1v) is 8.12. The number of halogens is 1. The third kappa shape index (κ3) is 4.49. The summed E-state index contributed by atoms with van der Waals surface area (Å²) in [5, 5.41) is 0. The molecule has 5 nitrogen and oxygen atoms in total. The summed E-state index contributed by atoms with van der Waals surface area (Å²) in [5.41, 5.74) is 9.05. The molecular weight excluding hydrogens is 333 g/mol. The average molecular weight is 353 g/mol. The first-order valence-electron chi connectivity index (χ1n) is 8.12. The van der Waals surface area contributed by atoms with Crippen molar-refractivity contribution in [2.45, 2.75) is 32.9 Å². The van der Waals surface area contributed by atoms with Crippen LogP contribution in [0.3, 0.4) is 0 Å². The Hall–Kier alpha value is -3.11. The van der Waals surface area contributed by atoms with Gasteiger partial charge in [-0.1, -0.05) is 42.5 Å². The number of carbonyl (C=O) groups excluding carboxylic acids is 2. The molecule has 134 valence electrons. The van der Waals surface area contributed by atoms with Gasteiger partial charge in [0.2, 0.25) is 0 Å². The monoisotopic (exact) mass is 353 g/mol. The quantitative estimate of drug-likeness (QED) is 0.271. The highest BCUT2D eigenvalue weighted by Crippen LogP contribution is 2.19.